The lowest BCUT2D eigenvalue weighted by atomic mass is 10.1. The van der Waals surface area contributed by atoms with Crippen molar-refractivity contribution in [2.45, 2.75) is 6.54 Å². The first-order chi connectivity index (χ1) is 9.24. The normalized spacial score (nSPS) is 10.8. The SMILES string of the molecule is O=c1c2ccccc2ccn1Cc1cccc(F)c1. The predicted octanol–water partition coefficient (Wildman–Crippen LogP) is 3.19. The minimum Gasteiger partial charge on any atom is -0.311 e. The number of pyridine rings is 1. The van der Waals surface area contributed by atoms with Crippen LogP contribution in [0.1, 0.15) is 5.56 Å². The highest BCUT2D eigenvalue weighted by atomic mass is 19.1. The number of hydrogen-bond donors (Lipinski definition) is 0. The average molecular weight is 253 g/mol. The highest BCUT2D eigenvalue weighted by molar-refractivity contribution is 5.81. The number of fused-ring (bicyclic) bond motifs is 1. The molecule has 3 aromatic rings. The second-order valence-corrected chi connectivity index (χ2v) is 4.47. The van der Waals surface area contributed by atoms with E-state index in [9.17, 15) is 9.18 Å². The summed E-state index contributed by atoms with van der Waals surface area (Å²) in [5.41, 5.74) is 0.722. The Morgan fingerprint density at radius 2 is 1.84 bits per heavy atom. The molecule has 19 heavy (non-hydrogen) atoms. The zero-order chi connectivity index (χ0) is 13.2. The lowest BCUT2D eigenvalue weighted by molar-refractivity contribution is 0.623. The van der Waals surface area contributed by atoms with E-state index in [2.05, 4.69) is 0 Å². The molecule has 2 nitrogen and oxygen atoms in total. The monoisotopic (exact) mass is 253 g/mol. The fourth-order valence-electron chi connectivity index (χ4n) is 2.19. The smallest absolute Gasteiger partial charge is 0.258 e. The molecule has 0 aliphatic rings. The Bertz CT molecular complexity index is 792. The molecule has 0 spiro atoms. The Labute approximate surface area is 109 Å². The van der Waals surface area contributed by atoms with E-state index in [1.807, 2.05) is 30.3 Å². The van der Waals surface area contributed by atoms with Crippen molar-refractivity contribution in [2.24, 2.45) is 0 Å². The topological polar surface area (TPSA) is 22.0 Å². The van der Waals surface area contributed by atoms with Gasteiger partial charge in [0.1, 0.15) is 5.82 Å². The van der Waals surface area contributed by atoms with Gasteiger partial charge in [-0.15, -0.1) is 0 Å². The van der Waals surface area contributed by atoms with Crippen LogP contribution >= 0.6 is 0 Å². The van der Waals surface area contributed by atoms with Crippen LogP contribution in [0, 0.1) is 5.82 Å². The second kappa shape index (κ2) is 4.69. The number of halogens is 1. The third kappa shape index (κ3) is 2.27. The maximum Gasteiger partial charge on any atom is 0.258 e. The van der Waals surface area contributed by atoms with Crippen LogP contribution in [0.5, 0.6) is 0 Å². The van der Waals surface area contributed by atoms with Crippen LogP contribution in [0.15, 0.2) is 65.6 Å². The lowest BCUT2D eigenvalue weighted by Gasteiger charge is -2.07. The number of hydrogen-bond acceptors (Lipinski definition) is 1. The first kappa shape index (κ1) is 11.7. The van der Waals surface area contributed by atoms with E-state index >= 15 is 0 Å². The van der Waals surface area contributed by atoms with Crippen molar-refractivity contribution < 1.29 is 4.39 Å². The maximum absolute atomic E-state index is 13.1. The van der Waals surface area contributed by atoms with Gasteiger partial charge < -0.3 is 4.57 Å². The van der Waals surface area contributed by atoms with Gasteiger partial charge in [-0.2, -0.15) is 0 Å². The van der Waals surface area contributed by atoms with Gasteiger partial charge in [-0.1, -0.05) is 30.3 Å². The molecular formula is C16H12FNO. The predicted molar refractivity (Wildman–Crippen MR) is 73.7 cm³/mol. The summed E-state index contributed by atoms with van der Waals surface area (Å²) in [4.78, 5) is 12.3. The largest absolute Gasteiger partial charge is 0.311 e. The summed E-state index contributed by atoms with van der Waals surface area (Å²) < 4.78 is 14.7. The van der Waals surface area contributed by atoms with Crippen LogP contribution in [0.4, 0.5) is 4.39 Å². The molecule has 0 bridgehead atoms. The molecule has 0 aliphatic carbocycles. The van der Waals surface area contributed by atoms with Crippen molar-refractivity contribution in [3.63, 3.8) is 0 Å². The first-order valence-corrected chi connectivity index (χ1v) is 6.07. The van der Waals surface area contributed by atoms with E-state index < -0.39 is 0 Å². The molecule has 0 saturated heterocycles. The van der Waals surface area contributed by atoms with Crippen LogP contribution in [-0.4, -0.2) is 4.57 Å². The minimum absolute atomic E-state index is 0.0534. The molecule has 3 heteroatoms. The highest BCUT2D eigenvalue weighted by Crippen LogP contribution is 2.10. The Hall–Kier alpha value is -2.42. The van der Waals surface area contributed by atoms with Gasteiger partial charge in [0.05, 0.1) is 6.54 Å². The number of nitrogens with zero attached hydrogens (tertiary/aromatic N) is 1. The van der Waals surface area contributed by atoms with Crippen molar-refractivity contribution in [3.8, 4) is 0 Å². The van der Waals surface area contributed by atoms with E-state index in [1.54, 1.807) is 22.9 Å². The van der Waals surface area contributed by atoms with E-state index in [0.717, 1.165) is 10.9 Å². The van der Waals surface area contributed by atoms with E-state index in [1.165, 1.54) is 12.1 Å². The number of aromatic nitrogens is 1. The molecule has 2 aromatic carbocycles. The lowest BCUT2D eigenvalue weighted by Crippen LogP contribution is -2.19. The Morgan fingerprint density at radius 1 is 1.00 bits per heavy atom. The van der Waals surface area contributed by atoms with Gasteiger partial charge in [0.25, 0.3) is 5.56 Å². The number of benzene rings is 2. The van der Waals surface area contributed by atoms with Gasteiger partial charge in [0.2, 0.25) is 0 Å². The summed E-state index contributed by atoms with van der Waals surface area (Å²) in [5, 5.41) is 1.60. The minimum atomic E-state index is -0.286. The van der Waals surface area contributed by atoms with Crippen molar-refractivity contribution >= 4 is 10.8 Å². The quantitative estimate of drug-likeness (QED) is 0.687. The maximum atomic E-state index is 13.1. The average Bonchev–Trinajstić information content (AvgIpc) is 2.42. The molecule has 0 N–H and O–H groups in total. The zero-order valence-electron chi connectivity index (χ0n) is 10.2. The van der Waals surface area contributed by atoms with Crippen LogP contribution in [0.2, 0.25) is 0 Å². The molecule has 0 fully saturated rings. The van der Waals surface area contributed by atoms with Gasteiger partial charge in [-0.05, 0) is 35.2 Å². The molecule has 0 amide bonds. The summed E-state index contributed by atoms with van der Waals surface area (Å²) >= 11 is 0. The van der Waals surface area contributed by atoms with Crippen molar-refractivity contribution in [1.29, 1.82) is 0 Å². The van der Waals surface area contributed by atoms with Crippen LogP contribution in [-0.2, 0) is 6.54 Å². The molecule has 1 heterocycles. The van der Waals surface area contributed by atoms with Crippen molar-refractivity contribution in [1.82, 2.24) is 4.57 Å². The van der Waals surface area contributed by atoms with Gasteiger partial charge in [0, 0.05) is 11.6 Å². The van der Waals surface area contributed by atoms with Gasteiger partial charge >= 0.3 is 0 Å². The van der Waals surface area contributed by atoms with E-state index in [0.29, 0.717) is 11.9 Å². The van der Waals surface area contributed by atoms with Crippen LogP contribution in [0.25, 0.3) is 10.8 Å². The van der Waals surface area contributed by atoms with Crippen LogP contribution < -0.4 is 5.56 Å². The molecule has 0 radical (unpaired) electrons. The summed E-state index contributed by atoms with van der Waals surface area (Å²) in [6.07, 6.45) is 1.75. The van der Waals surface area contributed by atoms with Crippen molar-refractivity contribution in [2.75, 3.05) is 0 Å². The summed E-state index contributed by atoms with van der Waals surface area (Å²) in [7, 11) is 0. The standard InChI is InChI=1S/C16H12FNO/c17-14-6-3-4-12(10-14)11-18-9-8-13-5-1-2-7-15(13)16(18)19/h1-10H,11H2. The fourth-order valence-corrected chi connectivity index (χ4v) is 2.19. The molecular weight excluding hydrogens is 241 g/mol. The van der Waals surface area contributed by atoms with E-state index in [-0.39, 0.29) is 11.4 Å². The van der Waals surface area contributed by atoms with E-state index in [4.69, 9.17) is 0 Å². The zero-order valence-corrected chi connectivity index (χ0v) is 10.2. The molecule has 1 aromatic heterocycles. The Morgan fingerprint density at radius 3 is 2.68 bits per heavy atom. The molecule has 0 saturated carbocycles. The van der Waals surface area contributed by atoms with Gasteiger partial charge in [-0.25, -0.2) is 4.39 Å². The second-order valence-electron chi connectivity index (χ2n) is 4.47. The molecule has 3 rings (SSSR count). The number of rotatable bonds is 2. The third-order valence-electron chi connectivity index (χ3n) is 3.13. The Balaban J connectivity index is 2.06. The van der Waals surface area contributed by atoms with Gasteiger partial charge in [-0.3, -0.25) is 4.79 Å². The molecule has 94 valence electrons. The molecule has 0 atom stereocenters. The van der Waals surface area contributed by atoms with Crippen LogP contribution in [0.3, 0.4) is 0 Å². The first-order valence-electron chi connectivity index (χ1n) is 6.07. The van der Waals surface area contributed by atoms with Gasteiger partial charge in [0.15, 0.2) is 0 Å². The summed E-state index contributed by atoms with van der Waals surface area (Å²) in [6, 6.07) is 15.7. The molecule has 0 aliphatic heterocycles. The summed E-state index contributed by atoms with van der Waals surface area (Å²) in [6.45, 7) is 0.376. The third-order valence-corrected chi connectivity index (χ3v) is 3.13. The fraction of sp³-hybridized carbons (Fsp3) is 0.0625. The highest BCUT2D eigenvalue weighted by Gasteiger charge is 2.03. The van der Waals surface area contributed by atoms with Crippen molar-refractivity contribution in [3.05, 3.63) is 82.5 Å². The summed E-state index contributed by atoms with van der Waals surface area (Å²) in [5.74, 6) is -0.286. The molecule has 0 unspecified atom stereocenters. The Kier molecular flexibility index (Phi) is 2.88.